The fourth-order valence-corrected chi connectivity index (χ4v) is 3.84. The van der Waals surface area contributed by atoms with Crippen LogP contribution in [-0.2, 0) is 11.3 Å². The molecule has 2 atom stereocenters. The standard InChI is InChI=1S/C22H28N4O2S/c1-4-12-26(15-21-24-25-22(28-21)19-7-6-13-29-19)14-20(27)23-18-10-8-17(9-11-18)16(3)5-2/h6-11,13,16H,4-5,12,14-15H2,1-3H3,(H,23,27)/p+1/t16-/m0/s1. The van der Waals surface area contributed by atoms with Gasteiger partial charge >= 0.3 is 0 Å². The van der Waals surface area contributed by atoms with Crippen LogP contribution in [0.3, 0.4) is 0 Å². The lowest BCUT2D eigenvalue weighted by molar-refractivity contribution is -0.907. The molecule has 0 aliphatic rings. The number of rotatable bonds is 10. The number of carbonyl (C=O) groups is 1. The molecule has 1 aromatic carbocycles. The van der Waals surface area contributed by atoms with E-state index in [9.17, 15) is 4.79 Å². The summed E-state index contributed by atoms with van der Waals surface area (Å²) in [5, 5.41) is 13.3. The number of benzene rings is 1. The Morgan fingerprint density at radius 3 is 2.66 bits per heavy atom. The van der Waals surface area contributed by atoms with E-state index in [0.29, 0.717) is 30.8 Å². The smallest absolute Gasteiger partial charge is 0.279 e. The summed E-state index contributed by atoms with van der Waals surface area (Å²) in [6, 6.07) is 12.0. The fourth-order valence-electron chi connectivity index (χ4n) is 3.19. The highest BCUT2D eigenvalue weighted by atomic mass is 32.1. The first-order valence-electron chi connectivity index (χ1n) is 10.2. The third-order valence-corrected chi connectivity index (χ3v) is 5.85. The topological polar surface area (TPSA) is 72.5 Å². The van der Waals surface area contributed by atoms with E-state index in [4.69, 9.17) is 4.42 Å². The predicted molar refractivity (Wildman–Crippen MR) is 116 cm³/mol. The molecule has 6 nitrogen and oxygen atoms in total. The number of quaternary nitrogens is 1. The second kappa shape index (κ2) is 10.3. The first-order chi connectivity index (χ1) is 14.1. The van der Waals surface area contributed by atoms with Crippen LogP contribution in [0.15, 0.2) is 46.2 Å². The van der Waals surface area contributed by atoms with Crippen LogP contribution in [0.5, 0.6) is 0 Å². The van der Waals surface area contributed by atoms with E-state index < -0.39 is 0 Å². The van der Waals surface area contributed by atoms with Gasteiger partial charge in [0.2, 0.25) is 0 Å². The molecule has 1 unspecified atom stereocenters. The van der Waals surface area contributed by atoms with Crippen LogP contribution in [-0.4, -0.2) is 29.2 Å². The number of aromatic nitrogens is 2. The van der Waals surface area contributed by atoms with Gasteiger partial charge in [-0.1, -0.05) is 39.0 Å². The Hall–Kier alpha value is -2.51. The Labute approximate surface area is 176 Å². The van der Waals surface area contributed by atoms with E-state index in [2.05, 4.69) is 48.4 Å². The molecule has 0 radical (unpaired) electrons. The van der Waals surface area contributed by atoms with E-state index >= 15 is 0 Å². The lowest BCUT2D eigenvalue weighted by atomic mass is 9.99. The van der Waals surface area contributed by atoms with Gasteiger partial charge in [0, 0.05) is 5.69 Å². The molecular weight excluding hydrogens is 384 g/mol. The van der Waals surface area contributed by atoms with Crippen molar-refractivity contribution in [3.63, 3.8) is 0 Å². The molecule has 0 saturated carbocycles. The van der Waals surface area contributed by atoms with E-state index in [-0.39, 0.29) is 5.91 Å². The molecule has 0 aliphatic carbocycles. The van der Waals surface area contributed by atoms with Gasteiger partial charge in [-0.15, -0.1) is 21.5 Å². The van der Waals surface area contributed by atoms with E-state index in [0.717, 1.165) is 34.9 Å². The molecule has 0 fully saturated rings. The molecule has 29 heavy (non-hydrogen) atoms. The Bertz CT molecular complexity index is 890. The predicted octanol–water partition coefficient (Wildman–Crippen LogP) is 3.75. The van der Waals surface area contributed by atoms with Crippen LogP contribution in [0.4, 0.5) is 5.69 Å². The van der Waals surface area contributed by atoms with Gasteiger partial charge in [-0.3, -0.25) is 4.79 Å². The van der Waals surface area contributed by atoms with Crippen molar-refractivity contribution in [1.29, 1.82) is 0 Å². The Kier molecular flexibility index (Phi) is 7.55. The van der Waals surface area contributed by atoms with Crippen LogP contribution in [0, 0.1) is 0 Å². The zero-order valence-corrected chi connectivity index (χ0v) is 18.1. The number of hydrogen-bond donors (Lipinski definition) is 2. The molecule has 0 spiro atoms. The van der Waals surface area contributed by atoms with Gasteiger partial charge in [0.25, 0.3) is 17.7 Å². The van der Waals surface area contributed by atoms with Crippen LogP contribution in [0.2, 0.25) is 0 Å². The Morgan fingerprint density at radius 2 is 2.00 bits per heavy atom. The lowest BCUT2D eigenvalue weighted by Crippen LogP contribution is -3.11. The molecule has 0 aliphatic heterocycles. The Balaban J connectivity index is 1.57. The number of nitrogens with zero attached hydrogens (tertiary/aromatic N) is 2. The highest BCUT2D eigenvalue weighted by molar-refractivity contribution is 7.13. The summed E-state index contributed by atoms with van der Waals surface area (Å²) < 4.78 is 5.79. The van der Waals surface area contributed by atoms with Gasteiger partial charge in [-0.05, 0) is 47.9 Å². The third-order valence-electron chi connectivity index (χ3n) is 4.99. The van der Waals surface area contributed by atoms with Crippen molar-refractivity contribution in [2.45, 2.75) is 46.1 Å². The summed E-state index contributed by atoms with van der Waals surface area (Å²) in [5.74, 6) is 1.61. The largest absolute Gasteiger partial charge is 0.414 e. The average molecular weight is 414 g/mol. The van der Waals surface area contributed by atoms with Crippen molar-refractivity contribution >= 4 is 22.9 Å². The summed E-state index contributed by atoms with van der Waals surface area (Å²) in [7, 11) is 0. The first kappa shape index (κ1) is 21.2. The molecule has 3 rings (SSSR count). The molecule has 1 amide bonds. The zero-order valence-electron chi connectivity index (χ0n) is 17.3. The highest BCUT2D eigenvalue weighted by Crippen LogP contribution is 2.23. The van der Waals surface area contributed by atoms with Crippen LogP contribution >= 0.6 is 11.3 Å². The molecule has 2 heterocycles. The first-order valence-corrected chi connectivity index (χ1v) is 11.1. The summed E-state index contributed by atoms with van der Waals surface area (Å²) in [4.78, 5) is 14.6. The zero-order chi connectivity index (χ0) is 20.6. The molecule has 7 heteroatoms. The molecule has 154 valence electrons. The highest BCUT2D eigenvalue weighted by Gasteiger charge is 2.19. The minimum atomic E-state index is -0.0114. The maximum atomic E-state index is 12.6. The maximum Gasteiger partial charge on any atom is 0.279 e. The van der Waals surface area contributed by atoms with Crippen molar-refractivity contribution in [3.8, 4) is 10.8 Å². The monoisotopic (exact) mass is 413 g/mol. The lowest BCUT2D eigenvalue weighted by Gasteiger charge is -2.17. The van der Waals surface area contributed by atoms with Gasteiger partial charge in [-0.25, -0.2) is 0 Å². The normalized spacial score (nSPS) is 13.2. The number of nitrogens with one attached hydrogen (secondary N) is 2. The van der Waals surface area contributed by atoms with Crippen molar-refractivity contribution in [3.05, 3.63) is 53.2 Å². The van der Waals surface area contributed by atoms with Crippen molar-refractivity contribution in [1.82, 2.24) is 10.2 Å². The number of thiophene rings is 1. The molecule has 0 saturated heterocycles. The average Bonchev–Trinajstić information content (AvgIpc) is 3.40. The number of hydrogen-bond acceptors (Lipinski definition) is 5. The van der Waals surface area contributed by atoms with Gasteiger partial charge in [0.15, 0.2) is 13.1 Å². The van der Waals surface area contributed by atoms with E-state index in [1.54, 1.807) is 11.3 Å². The van der Waals surface area contributed by atoms with Gasteiger partial charge < -0.3 is 14.6 Å². The second-order valence-corrected chi connectivity index (χ2v) is 8.26. The minimum Gasteiger partial charge on any atom is -0.414 e. The second-order valence-electron chi connectivity index (χ2n) is 7.31. The van der Waals surface area contributed by atoms with Gasteiger partial charge in [0.05, 0.1) is 11.4 Å². The molecule has 3 aromatic rings. The number of carbonyl (C=O) groups excluding carboxylic acids is 1. The molecule has 2 aromatic heterocycles. The summed E-state index contributed by atoms with van der Waals surface area (Å²) in [6.45, 7) is 8.25. The van der Waals surface area contributed by atoms with E-state index in [1.807, 2.05) is 29.6 Å². The fraction of sp³-hybridized carbons (Fsp3) is 0.409. The van der Waals surface area contributed by atoms with Crippen LogP contribution in [0.25, 0.3) is 10.8 Å². The quantitative estimate of drug-likeness (QED) is 0.531. The molecule has 0 bridgehead atoms. The van der Waals surface area contributed by atoms with Crippen LogP contribution in [0.1, 0.15) is 51.0 Å². The molecular formula is C22H29N4O2S+. The summed E-state index contributed by atoms with van der Waals surface area (Å²) in [6.07, 6.45) is 2.07. The van der Waals surface area contributed by atoms with Gasteiger partial charge in [0.1, 0.15) is 0 Å². The van der Waals surface area contributed by atoms with Crippen molar-refractivity contribution in [2.75, 3.05) is 18.4 Å². The Morgan fingerprint density at radius 1 is 1.21 bits per heavy atom. The minimum absolute atomic E-state index is 0.0114. The number of amides is 1. The summed E-state index contributed by atoms with van der Waals surface area (Å²) >= 11 is 1.57. The molecule has 2 N–H and O–H groups in total. The summed E-state index contributed by atoms with van der Waals surface area (Å²) in [5.41, 5.74) is 2.12. The van der Waals surface area contributed by atoms with Crippen LogP contribution < -0.4 is 10.2 Å². The third kappa shape index (κ3) is 5.98. The van der Waals surface area contributed by atoms with Gasteiger partial charge in [-0.2, -0.15) is 0 Å². The number of anilines is 1. The SMILES string of the molecule is CCC[NH+](CC(=O)Nc1ccc([C@@H](C)CC)cc1)Cc1nnc(-c2cccs2)o1. The van der Waals surface area contributed by atoms with E-state index in [1.165, 1.54) is 5.56 Å². The maximum absolute atomic E-state index is 12.6. The van der Waals surface area contributed by atoms with Crippen molar-refractivity contribution in [2.24, 2.45) is 0 Å². The van der Waals surface area contributed by atoms with Crippen molar-refractivity contribution < 1.29 is 14.1 Å².